The van der Waals surface area contributed by atoms with E-state index in [0.717, 1.165) is 16.3 Å². The molecule has 3 rings (SSSR count). The van der Waals surface area contributed by atoms with Gasteiger partial charge in [0.25, 0.3) is 15.9 Å². The molecule has 0 spiro atoms. The minimum Gasteiger partial charge on any atom is -0.495 e. The molecule has 0 aliphatic heterocycles. The Hall–Kier alpha value is -3.32. The molecule has 0 bridgehead atoms. The number of rotatable bonds is 7. The van der Waals surface area contributed by atoms with Gasteiger partial charge in [0, 0.05) is 18.3 Å². The second-order valence-corrected chi connectivity index (χ2v) is 8.65. The molecule has 0 heterocycles. The number of carbonyl (C=O) groups is 1. The molecule has 0 fully saturated rings. The molecule has 3 aromatic rings. The van der Waals surface area contributed by atoms with E-state index in [1.54, 1.807) is 24.3 Å². The Balaban J connectivity index is 1.81. The molecule has 0 aliphatic rings. The van der Waals surface area contributed by atoms with Crippen LogP contribution in [0.5, 0.6) is 5.75 Å². The van der Waals surface area contributed by atoms with Crippen LogP contribution in [0.3, 0.4) is 0 Å². The lowest BCUT2D eigenvalue weighted by atomic mass is 10.1. The van der Waals surface area contributed by atoms with Crippen molar-refractivity contribution in [3.05, 3.63) is 83.9 Å². The zero-order valence-corrected chi connectivity index (χ0v) is 17.9. The van der Waals surface area contributed by atoms with Crippen LogP contribution in [0.2, 0.25) is 0 Å². The van der Waals surface area contributed by atoms with Crippen molar-refractivity contribution in [1.29, 1.82) is 0 Å². The Bertz CT molecular complexity index is 1140. The maximum atomic E-state index is 13.0. The van der Waals surface area contributed by atoms with E-state index in [4.69, 9.17) is 4.74 Å². The molecule has 7 heteroatoms. The summed E-state index contributed by atoms with van der Waals surface area (Å²) in [4.78, 5) is 12.6. The highest BCUT2D eigenvalue weighted by molar-refractivity contribution is 7.92. The van der Waals surface area contributed by atoms with Crippen molar-refractivity contribution in [3.63, 3.8) is 0 Å². The summed E-state index contributed by atoms with van der Waals surface area (Å²) in [5, 5.41) is 2.84. The molecule has 0 radical (unpaired) electrons. The third-order valence-corrected chi connectivity index (χ3v) is 6.58. The summed E-state index contributed by atoms with van der Waals surface area (Å²) in [5.74, 6) is 0.152. The fraction of sp³-hybridized carbons (Fsp3) is 0.174. The van der Waals surface area contributed by atoms with Crippen LogP contribution < -0.4 is 14.4 Å². The van der Waals surface area contributed by atoms with Crippen molar-refractivity contribution in [2.24, 2.45) is 0 Å². The van der Waals surface area contributed by atoms with E-state index in [9.17, 15) is 13.2 Å². The highest BCUT2D eigenvalue weighted by Gasteiger charge is 2.24. The highest BCUT2D eigenvalue weighted by atomic mass is 32.2. The Morgan fingerprint density at radius 3 is 2.37 bits per heavy atom. The maximum Gasteiger partial charge on any atom is 0.264 e. The number of ether oxygens (including phenoxy) is 1. The van der Waals surface area contributed by atoms with Crippen LogP contribution >= 0.6 is 0 Å². The van der Waals surface area contributed by atoms with Gasteiger partial charge in [-0.05, 0) is 60.5 Å². The molecule has 0 atom stereocenters. The van der Waals surface area contributed by atoms with Crippen molar-refractivity contribution in [1.82, 2.24) is 0 Å². The van der Waals surface area contributed by atoms with Gasteiger partial charge >= 0.3 is 0 Å². The lowest BCUT2D eigenvalue weighted by molar-refractivity contribution is 0.102. The first-order valence-electron chi connectivity index (χ1n) is 9.49. The van der Waals surface area contributed by atoms with E-state index in [1.165, 1.54) is 38.4 Å². The minimum atomic E-state index is -3.81. The van der Waals surface area contributed by atoms with Gasteiger partial charge in [-0.2, -0.15) is 0 Å². The number of nitrogens with one attached hydrogen (secondary N) is 1. The number of para-hydroxylation sites is 2. The van der Waals surface area contributed by atoms with Gasteiger partial charge in [0.2, 0.25) is 0 Å². The SMILES string of the molecule is CCc1cccc(NC(=O)c2ccc(S(=O)(=O)N(C)c3ccccc3OC)cc2)c1. The molecule has 0 aliphatic carbocycles. The molecule has 0 aromatic heterocycles. The molecule has 0 saturated heterocycles. The third kappa shape index (κ3) is 4.46. The number of methoxy groups -OCH3 is 1. The first-order valence-corrected chi connectivity index (χ1v) is 10.9. The molecule has 3 aromatic carbocycles. The zero-order valence-electron chi connectivity index (χ0n) is 17.1. The Morgan fingerprint density at radius 1 is 1.00 bits per heavy atom. The number of aryl methyl sites for hydroxylation is 1. The summed E-state index contributed by atoms with van der Waals surface area (Å²) < 4.78 is 32.5. The second-order valence-electron chi connectivity index (χ2n) is 6.68. The minimum absolute atomic E-state index is 0.0837. The van der Waals surface area contributed by atoms with Crippen LogP contribution in [0.1, 0.15) is 22.8 Å². The number of hydrogen-bond acceptors (Lipinski definition) is 4. The van der Waals surface area contributed by atoms with Crippen LogP contribution in [0.15, 0.2) is 77.7 Å². The van der Waals surface area contributed by atoms with Gasteiger partial charge in [-0.1, -0.05) is 31.2 Å². The van der Waals surface area contributed by atoms with Crippen molar-refractivity contribution >= 4 is 27.3 Å². The van der Waals surface area contributed by atoms with E-state index in [-0.39, 0.29) is 10.8 Å². The number of sulfonamides is 1. The smallest absolute Gasteiger partial charge is 0.264 e. The summed E-state index contributed by atoms with van der Waals surface area (Å²) in [6.45, 7) is 2.04. The first-order chi connectivity index (χ1) is 14.4. The van der Waals surface area contributed by atoms with E-state index >= 15 is 0 Å². The van der Waals surface area contributed by atoms with Crippen molar-refractivity contribution in [3.8, 4) is 5.75 Å². The Labute approximate surface area is 177 Å². The highest BCUT2D eigenvalue weighted by Crippen LogP contribution is 2.30. The van der Waals surface area contributed by atoms with Gasteiger partial charge in [-0.3, -0.25) is 9.10 Å². The molecular weight excluding hydrogens is 400 g/mol. The molecule has 1 amide bonds. The van der Waals surface area contributed by atoms with Crippen molar-refractivity contribution < 1.29 is 17.9 Å². The molecule has 1 N–H and O–H groups in total. The molecule has 0 saturated carbocycles. The monoisotopic (exact) mass is 424 g/mol. The first kappa shape index (κ1) is 21.4. The van der Waals surface area contributed by atoms with Gasteiger partial charge in [0.05, 0.1) is 17.7 Å². The summed E-state index contributed by atoms with van der Waals surface area (Å²) >= 11 is 0. The molecule has 0 unspecified atom stereocenters. The predicted molar refractivity (Wildman–Crippen MR) is 119 cm³/mol. The van der Waals surface area contributed by atoms with Crippen molar-refractivity contribution in [2.75, 3.05) is 23.8 Å². The number of hydrogen-bond donors (Lipinski definition) is 1. The van der Waals surface area contributed by atoms with E-state index < -0.39 is 10.0 Å². The second kappa shape index (κ2) is 9.00. The van der Waals surface area contributed by atoms with Gasteiger partial charge in [-0.25, -0.2) is 8.42 Å². The van der Waals surface area contributed by atoms with Crippen LogP contribution in [0, 0.1) is 0 Å². The molecule has 156 valence electrons. The largest absolute Gasteiger partial charge is 0.495 e. The van der Waals surface area contributed by atoms with E-state index in [0.29, 0.717) is 22.7 Å². The van der Waals surface area contributed by atoms with E-state index in [2.05, 4.69) is 5.32 Å². The van der Waals surface area contributed by atoms with Gasteiger partial charge in [-0.15, -0.1) is 0 Å². The number of nitrogens with zero attached hydrogens (tertiary/aromatic N) is 1. The summed E-state index contributed by atoms with van der Waals surface area (Å²) in [5.41, 5.74) is 2.62. The quantitative estimate of drug-likeness (QED) is 0.612. The van der Waals surface area contributed by atoms with Crippen LogP contribution in [0.25, 0.3) is 0 Å². The molecule has 30 heavy (non-hydrogen) atoms. The summed E-state index contributed by atoms with van der Waals surface area (Å²) in [6, 6.07) is 20.4. The summed E-state index contributed by atoms with van der Waals surface area (Å²) in [6.07, 6.45) is 0.871. The maximum absolute atomic E-state index is 13.0. The van der Waals surface area contributed by atoms with Gasteiger partial charge < -0.3 is 10.1 Å². The fourth-order valence-corrected chi connectivity index (χ4v) is 4.23. The number of benzene rings is 3. The van der Waals surface area contributed by atoms with Crippen LogP contribution in [-0.4, -0.2) is 28.5 Å². The zero-order chi connectivity index (χ0) is 21.7. The lowest BCUT2D eigenvalue weighted by Crippen LogP contribution is -2.27. The van der Waals surface area contributed by atoms with Crippen LogP contribution in [-0.2, 0) is 16.4 Å². The number of amides is 1. The Morgan fingerprint density at radius 2 is 1.70 bits per heavy atom. The lowest BCUT2D eigenvalue weighted by Gasteiger charge is -2.21. The van der Waals surface area contributed by atoms with Crippen molar-refractivity contribution in [2.45, 2.75) is 18.2 Å². The van der Waals surface area contributed by atoms with Gasteiger partial charge in [0.1, 0.15) is 5.75 Å². The number of anilines is 2. The molecule has 6 nitrogen and oxygen atoms in total. The standard InChI is InChI=1S/C23H24N2O4S/c1-4-17-8-7-9-19(16-17)24-23(26)18-12-14-20(15-13-18)30(27,28)25(2)21-10-5-6-11-22(21)29-3/h5-16H,4H2,1-3H3,(H,24,26). The average molecular weight is 425 g/mol. The van der Waals surface area contributed by atoms with E-state index in [1.807, 2.05) is 31.2 Å². The molecular formula is C23H24N2O4S. The third-order valence-electron chi connectivity index (χ3n) is 4.79. The number of carbonyl (C=O) groups excluding carboxylic acids is 1. The predicted octanol–water partition coefficient (Wildman–Crippen LogP) is 4.34. The normalized spacial score (nSPS) is 11.0. The van der Waals surface area contributed by atoms with Gasteiger partial charge in [0.15, 0.2) is 0 Å². The van der Waals surface area contributed by atoms with Crippen LogP contribution in [0.4, 0.5) is 11.4 Å². The summed E-state index contributed by atoms with van der Waals surface area (Å²) in [7, 11) is -0.858. The Kier molecular flexibility index (Phi) is 6.42. The average Bonchev–Trinajstić information content (AvgIpc) is 2.78. The fourth-order valence-electron chi connectivity index (χ4n) is 3.03. The topological polar surface area (TPSA) is 75.7 Å².